The third kappa shape index (κ3) is 6.19. The Kier molecular flexibility index (Phi) is 9.22. The third-order valence-electron chi connectivity index (χ3n) is 5.50. The van der Waals surface area contributed by atoms with Crippen molar-refractivity contribution in [2.75, 3.05) is 50.7 Å². The maximum Gasteiger partial charge on any atom is 0.227 e. The largest absolute Gasteiger partial charge is 0.355 e. The van der Waals surface area contributed by atoms with E-state index in [1.165, 1.54) is 18.4 Å². The van der Waals surface area contributed by atoms with E-state index in [4.69, 9.17) is 0 Å². The van der Waals surface area contributed by atoms with Gasteiger partial charge in [0, 0.05) is 57.9 Å². The number of halogens is 1. The van der Waals surface area contributed by atoms with Gasteiger partial charge in [0.2, 0.25) is 11.8 Å². The van der Waals surface area contributed by atoms with E-state index in [9.17, 15) is 9.59 Å². The zero-order valence-electron chi connectivity index (χ0n) is 16.8. The monoisotopic (exact) mass is 408 g/mol. The van der Waals surface area contributed by atoms with Gasteiger partial charge in [0.25, 0.3) is 0 Å². The molecule has 0 aromatic heterocycles. The van der Waals surface area contributed by atoms with Crippen LogP contribution in [0.1, 0.15) is 31.7 Å². The van der Waals surface area contributed by atoms with Gasteiger partial charge in [-0.3, -0.25) is 14.5 Å². The van der Waals surface area contributed by atoms with Crippen molar-refractivity contribution in [3.8, 4) is 0 Å². The fourth-order valence-electron chi connectivity index (χ4n) is 3.77. The van der Waals surface area contributed by atoms with E-state index >= 15 is 0 Å². The molecule has 2 saturated heterocycles. The number of nitrogens with one attached hydrogen (secondary N) is 2. The summed E-state index contributed by atoms with van der Waals surface area (Å²) in [5, 5.41) is 6.34. The molecule has 3 rings (SSSR count). The van der Waals surface area contributed by atoms with Crippen LogP contribution >= 0.6 is 12.4 Å². The van der Waals surface area contributed by atoms with Crippen molar-refractivity contribution in [1.82, 2.24) is 15.5 Å². The standard InChI is InChI=1S/C21H32N4O2.ClH/c1-2-3-4-17-5-7-19(8-6-17)25-16-18(15-20(25)26)21(27)23-11-14-24-12-9-22-10-13-24;/h5-8,18,22H,2-4,9-16H2,1H3,(H,23,27);1H. The van der Waals surface area contributed by atoms with Crippen molar-refractivity contribution in [2.24, 2.45) is 5.92 Å². The van der Waals surface area contributed by atoms with Gasteiger partial charge in [0.15, 0.2) is 0 Å². The second-order valence-corrected chi connectivity index (χ2v) is 7.56. The normalized spacial score (nSPS) is 20.1. The van der Waals surface area contributed by atoms with Crippen LogP contribution in [0.4, 0.5) is 5.69 Å². The van der Waals surface area contributed by atoms with Gasteiger partial charge in [-0.2, -0.15) is 0 Å². The van der Waals surface area contributed by atoms with Gasteiger partial charge in [-0.15, -0.1) is 12.4 Å². The number of amides is 2. The van der Waals surface area contributed by atoms with Crippen LogP contribution in [0.3, 0.4) is 0 Å². The number of rotatable bonds is 8. The Labute approximate surface area is 174 Å². The first-order valence-electron chi connectivity index (χ1n) is 10.3. The second-order valence-electron chi connectivity index (χ2n) is 7.56. The molecule has 1 unspecified atom stereocenters. The third-order valence-corrected chi connectivity index (χ3v) is 5.50. The Balaban J connectivity index is 0.00000280. The predicted octanol–water partition coefficient (Wildman–Crippen LogP) is 1.83. The number of piperazine rings is 1. The molecule has 2 N–H and O–H groups in total. The molecule has 2 aliphatic heterocycles. The van der Waals surface area contributed by atoms with Crippen LogP contribution in [0.25, 0.3) is 0 Å². The van der Waals surface area contributed by atoms with E-state index in [0.29, 0.717) is 19.5 Å². The van der Waals surface area contributed by atoms with Crippen molar-refractivity contribution in [2.45, 2.75) is 32.6 Å². The molecule has 2 amide bonds. The molecule has 1 aromatic carbocycles. The molecule has 2 heterocycles. The smallest absolute Gasteiger partial charge is 0.227 e. The summed E-state index contributed by atoms with van der Waals surface area (Å²) in [5.74, 6) is -0.209. The van der Waals surface area contributed by atoms with Gasteiger partial charge in [-0.1, -0.05) is 25.5 Å². The summed E-state index contributed by atoms with van der Waals surface area (Å²) in [6.07, 6.45) is 3.73. The van der Waals surface area contributed by atoms with Crippen molar-refractivity contribution >= 4 is 29.9 Å². The summed E-state index contributed by atoms with van der Waals surface area (Å²) in [7, 11) is 0. The van der Waals surface area contributed by atoms with E-state index in [2.05, 4.69) is 34.6 Å². The Morgan fingerprint density at radius 1 is 1.21 bits per heavy atom. The molecule has 1 aromatic rings. The van der Waals surface area contributed by atoms with Gasteiger partial charge in [-0.05, 0) is 30.5 Å². The molecule has 2 fully saturated rings. The number of benzene rings is 1. The molecule has 2 aliphatic rings. The average molecular weight is 409 g/mol. The van der Waals surface area contributed by atoms with E-state index in [1.807, 2.05) is 12.1 Å². The van der Waals surface area contributed by atoms with E-state index in [1.54, 1.807) is 4.90 Å². The quantitative estimate of drug-likeness (QED) is 0.688. The van der Waals surface area contributed by atoms with Gasteiger partial charge in [0.05, 0.1) is 5.92 Å². The minimum Gasteiger partial charge on any atom is -0.355 e. The number of unbranched alkanes of at least 4 members (excludes halogenated alkanes) is 1. The summed E-state index contributed by atoms with van der Waals surface area (Å²) in [5.41, 5.74) is 2.20. The number of carbonyl (C=O) groups is 2. The molecular weight excluding hydrogens is 376 g/mol. The fraction of sp³-hybridized carbons (Fsp3) is 0.619. The molecule has 7 heteroatoms. The molecule has 6 nitrogen and oxygen atoms in total. The van der Waals surface area contributed by atoms with E-state index in [0.717, 1.165) is 44.8 Å². The fourth-order valence-corrected chi connectivity index (χ4v) is 3.77. The van der Waals surface area contributed by atoms with Crippen LogP contribution < -0.4 is 15.5 Å². The van der Waals surface area contributed by atoms with Crippen LogP contribution in [0, 0.1) is 5.92 Å². The van der Waals surface area contributed by atoms with Crippen LogP contribution in [0.5, 0.6) is 0 Å². The molecule has 28 heavy (non-hydrogen) atoms. The molecule has 0 bridgehead atoms. The lowest BCUT2D eigenvalue weighted by Gasteiger charge is -2.27. The van der Waals surface area contributed by atoms with Crippen molar-refractivity contribution < 1.29 is 9.59 Å². The highest BCUT2D eigenvalue weighted by Crippen LogP contribution is 2.25. The van der Waals surface area contributed by atoms with Gasteiger partial charge in [-0.25, -0.2) is 0 Å². The van der Waals surface area contributed by atoms with Crippen molar-refractivity contribution in [1.29, 1.82) is 0 Å². The van der Waals surface area contributed by atoms with Gasteiger partial charge < -0.3 is 15.5 Å². The van der Waals surface area contributed by atoms with Crippen LogP contribution in [0.15, 0.2) is 24.3 Å². The zero-order chi connectivity index (χ0) is 19.1. The summed E-state index contributed by atoms with van der Waals surface area (Å²) in [6, 6.07) is 8.21. The Hall–Kier alpha value is -1.63. The summed E-state index contributed by atoms with van der Waals surface area (Å²) < 4.78 is 0. The molecule has 0 spiro atoms. The number of carbonyl (C=O) groups excluding carboxylic acids is 2. The minimum atomic E-state index is -0.250. The van der Waals surface area contributed by atoms with Crippen LogP contribution in [0.2, 0.25) is 0 Å². The lowest BCUT2D eigenvalue weighted by molar-refractivity contribution is -0.126. The zero-order valence-corrected chi connectivity index (χ0v) is 17.6. The lowest BCUT2D eigenvalue weighted by atomic mass is 10.1. The molecule has 0 radical (unpaired) electrons. The number of aryl methyl sites for hydroxylation is 1. The Morgan fingerprint density at radius 2 is 1.93 bits per heavy atom. The summed E-state index contributed by atoms with van der Waals surface area (Å²) in [4.78, 5) is 29.0. The number of nitrogens with zero attached hydrogens (tertiary/aromatic N) is 2. The molecule has 0 saturated carbocycles. The molecule has 156 valence electrons. The van der Waals surface area contributed by atoms with Crippen LogP contribution in [-0.4, -0.2) is 62.5 Å². The summed E-state index contributed by atoms with van der Waals surface area (Å²) in [6.45, 7) is 8.26. The Bertz CT molecular complexity index is 632. The van der Waals surface area contributed by atoms with E-state index in [-0.39, 0.29) is 30.1 Å². The maximum atomic E-state index is 12.5. The highest BCUT2D eigenvalue weighted by Gasteiger charge is 2.34. The average Bonchev–Trinajstić information content (AvgIpc) is 3.09. The number of hydrogen-bond donors (Lipinski definition) is 2. The second kappa shape index (κ2) is 11.4. The molecular formula is C21H33ClN4O2. The first kappa shape index (κ1) is 22.7. The summed E-state index contributed by atoms with van der Waals surface area (Å²) >= 11 is 0. The van der Waals surface area contributed by atoms with Crippen molar-refractivity contribution in [3.63, 3.8) is 0 Å². The first-order valence-corrected chi connectivity index (χ1v) is 10.3. The topological polar surface area (TPSA) is 64.7 Å². The minimum absolute atomic E-state index is 0. The highest BCUT2D eigenvalue weighted by molar-refractivity contribution is 6.00. The van der Waals surface area contributed by atoms with Crippen molar-refractivity contribution in [3.05, 3.63) is 29.8 Å². The van der Waals surface area contributed by atoms with Gasteiger partial charge >= 0.3 is 0 Å². The van der Waals surface area contributed by atoms with E-state index < -0.39 is 0 Å². The van der Waals surface area contributed by atoms with Gasteiger partial charge in [0.1, 0.15) is 0 Å². The first-order chi connectivity index (χ1) is 13.2. The molecule has 1 atom stereocenters. The number of anilines is 1. The Morgan fingerprint density at radius 3 is 2.61 bits per heavy atom. The SMILES string of the molecule is CCCCc1ccc(N2CC(C(=O)NCCN3CCNCC3)CC2=O)cc1.Cl. The number of hydrogen-bond acceptors (Lipinski definition) is 4. The lowest BCUT2D eigenvalue weighted by Crippen LogP contribution is -2.46. The maximum absolute atomic E-state index is 12.5. The predicted molar refractivity (Wildman–Crippen MR) is 115 cm³/mol. The highest BCUT2D eigenvalue weighted by atomic mass is 35.5. The van der Waals surface area contributed by atoms with Crippen LogP contribution in [-0.2, 0) is 16.0 Å². The molecule has 0 aliphatic carbocycles.